The van der Waals surface area contributed by atoms with Crippen LogP contribution in [0.25, 0.3) is 11.3 Å². The van der Waals surface area contributed by atoms with Crippen molar-refractivity contribution in [2.24, 2.45) is 0 Å². The first-order valence-corrected chi connectivity index (χ1v) is 8.42. The third-order valence-corrected chi connectivity index (χ3v) is 4.21. The number of ether oxygens (including phenoxy) is 2. The summed E-state index contributed by atoms with van der Waals surface area (Å²) < 4.78 is 10.8. The summed E-state index contributed by atoms with van der Waals surface area (Å²) in [5, 5.41) is 2.89. The zero-order valence-electron chi connectivity index (χ0n) is 14.8. The van der Waals surface area contributed by atoms with Crippen molar-refractivity contribution in [2.75, 3.05) is 20.3 Å². The first kappa shape index (κ1) is 17.4. The fourth-order valence-electron chi connectivity index (χ4n) is 2.90. The lowest BCUT2D eigenvalue weighted by molar-refractivity contribution is -0.122. The summed E-state index contributed by atoms with van der Waals surface area (Å²) in [4.78, 5) is 20.7. The molecule has 0 bridgehead atoms. The van der Waals surface area contributed by atoms with Gasteiger partial charge in [0.2, 0.25) is 5.91 Å². The maximum absolute atomic E-state index is 11.7. The van der Waals surface area contributed by atoms with Crippen LogP contribution in [0.4, 0.5) is 0 Å². The number of carbonyl (C=O) groups excluding carboxylic acids is 1. The van der Waals surface area contributed by atoms with Gasteiger partial charge < -0.3 is 14.8 Å². The Hall–Kier alpha value is -2.47. The minimum absolute atomic E-state index is 0.0206. The first-order valence-electron chi connectivity index (χ1n) is 8.42. The molecule has 2 aromatic rings. The monoisotopic (exact) mass is 341 g/mol. The fourth-order valence-corrected chi connectivity index (χ4v) is 2.90. The maximum atomic E-state index is 11.7. The predicted octanol–water partition coefficient (Wildman–Crippen LogP) is 2.22. The van der Waals surface area contributed by atoms with Crippen LogP contribution in [0.15, 0.2) is 24.4 Å². The Morgan fingerprint density at radius 2 is 2.24 bits per heavy atom. The summed E-state index contributed by atoms with van der Waals surface area (Å²) in [5.74, 6) is 0.853. The van der Waals surface area contributed by atoms with Crippen LogP contribution >= 0.6 is 0 Å². The van der Waals surface area contributed by atoms with Crippen LogP contribution in [-0.2, 0) is 16.0 Å². The number of methoxy groups -OCH3 is 1. The molecular formula is C19H23N3O3. The second kappa shape index (κ2) is 7.61. The van der Waals surface area contributed by atoms with Gasteiger partial charge in [-0.1, -0.05) is 0 Å². The summed E-state index contributed by atoms with van der Waals surface area (Å²) in [6.45, 7) is 4.83. The second-order valence-corrected chi connectivity index (χ2v) is 6.26. The summed E-state index contributed by atoms with van der Waals surface area (Å²) in [5.41, 5.74) is 4.89. The number of fused-ring (bicyclic) bond motifs is 1. The molecule has 0 aliphatic carbocycles. The van der Waals surface area contributed by atoms with E-state index in [9.17, 15) is 4.79 Å². The molecule has 1 aromatic carbocycles. The van der Waals surface area contributed by atoms with Gasteiger partial charge in [-0.05, 0) is 37.6 Å². The van der Waals surface area contributed by atoms with E-state index in [0.717, 1.165) is 40.4 Å². The molecule has 6 nitrogen and oxygen atoms in total. The smallest absolute Gasteiger partial charge is 0.222 e. The average molecular weight is 341 g/mol. The molecule has 3 rings (SSSR count). The Labute approximate surface area is 147 Å². The van der Waals surface area contributed by atoms with Crippen LogP contribution in [0.5, 0.6) is 5.75 Å². The van der Waals surface area contributed by atoms with E-state index in [1.54, 1.807) is 13.3 Å². The zero-order chi connectivity index (χ0) is 17.8. The molecule has 0 fully saturated rings. The molecule has 1 atom stereocenters. The molecule has 0 saturated carbocycles. The fraction of sp³-hybridized carbons (Fsp3) is 0.421. The number of aromatic nitrogens is 2. The third-order valence-electron chi connectivity index (χ3n) is 4.21. The highest BCUT2D eigenvalue weighted by atomic mass is 16.5. The number of nitrogens with zero attached hydrogens (tertiary/aromatic N) is 2. The zero-order valence-corrected chi connectivity index (χ0v) is 14.8. The number of rotatable bonds is 6. The number of benzene rings is 1. The Balaban J connectivity index is 1.67. The van der Waals surface area contributed by atoms with Crippen molar-refractivity contribution < 1.29 is 14.3 Å². The van der Waals surface area contributed by atoms with Crippen LogP contribution in [0.3, 0.4) is 0 Å². The maximum Gasteiger partial charge on any atom is 0.222 e. The van der Waals surface area contributed by atoms with E-state index < -0.39 is 0 Å². The van der Waals surface area contributed by atoms with Gasteiger partial charge in [0.1, 0.15) is 11.9 Å². The summed E-state index contributed by atoms with van der Waals surface area (Å²) in [7, 11) is 1.59. The molecule has 0 unspecified atom stereocenters. The number of hydrogen-bond acceptors (Lipinski definition) is 5. The molecule has 25 heavy (non-hydrogen) atoms. The van der Waals surface area contributed by atoms with Crippen molar-refractivity contribution in [1.82, 2.24) is 15.3 Å². The van der Waals surface area contributed by atoms with Crippen molar-refractivity contribution in [3.63, 3.8) is 0 Å². The Bertz CT molecular complexity index is 777. The van der Waals surface area contributed by atoms with Gasteiger partial charge >= 0.3 is 0 Å². The summed E-state index contributed by atoms with van der Waals surface area (Å²) in [6.07, 6.45) is 2.87. The summed E-state index contributed by atoms with van der Waals surface area (Å²) in [6, 6.07) is 6.09. The normalized spacial score (nSPS) is 15.6. The van der Waals surface area contributed by atoms with Crippen molar-refractivity contribution in [2.45, 2.75) is 32.8 Å². The molecule has 1 aliphatic rings. The van der Waals surface area contributed by atoms with Crippen molar-refractivity contribution in [1.29, 1.82) is 0 Å². The molecule has 132 valence electrons. The van der Waals surface area contributed by atoms with Crippen LogP contribution in [0, 0.1) is 13.8 Å². The Kier molecular flexibility index (Phi) is 5.28. The van der Waals surface area contributed by atoms with Gasteiger partial charge in [-0.2, -0.15) is 0 Å². The van der Waals surface area contributed by atoms with Gasteiger partial charge in [0, 0.05) is 31.7 Å². The van der Waals surface area contributed by atoms with E-state index in [1.807, 2.05) is 26.0 Å². The van der Waals surface area contributed by atoms with Crippen LogP contribution in [-0.4, -0.2) is 42.2 Å². The largest absolute Gasteiger partial charge is 0.488 e. The van der Waals surface area contributed by atoms with E-state index in [0.29, 0.717) is 19.6 Å². The van der Waals surface area contributed by atoms with Crippen LogP contribution in [0.2, 0.25) is 0 Å². The SMILES string of the molecule is COCCC(=O)NC[C@@H]1Cc2cc(-c3nc(C)cnc3C)ccc2O1. The first-order chi connectivity index (χ1) is 12.1. The molecular weight excluding hydrogens is 318 g/mol. The number of carbonyl (C=O) groups is 1. The highest BCUT2D eigenvalue weighted by molar-refractivity contribution is 5.76. The van der Waals surface area contributed by atoms with Crippen molar-refractivity contribution >= 4 is 5.91 Å². The van der Waals surface area contributed by atoms with Gasteiger partial charge in [-0.15, -0.1) is 0 Å². The van der Waals surface area contributed by atoms with Gasteiger partial charge in [-0.3, -0.25) is 9.78 Å². The minimum Gasteiger partial charge on any atom is -0.488 e. The van der Waals surface area contributed by atoms with Gasteiger partial charge in [0.15, 0.2) is 0 Å². The standard InChI is InChI=1S/C19H23N3O3/c1-12-10-20-13(2)19(22-12)14-4-5-17-15(8-14)9-16(25-17)11-21-18(23)6-7-24-3/h4-5,8,10,16H,6-7,9,11H2,1-3H3,(H,21,23)/t16-/m0/s1. The highest BCUT2D eigenvalue weighted by Gasteiger charge is 2.24. The topological polar surface area (TPSA) is 73.3 Å². The third kappa shape index (κ3) is 4.14. The van der Waals surface area contributed by atoms with Gasteiger partial charge in [-0.25, -0.2) is 4.98 Å². The van der Waals surface area contributed by atoms with Gasteiger partial charge in [0.05, 0.1) is 30.2 Å². The number of amides is 1. The average Bonchev–Trinajstić information content (AvgIpc) is 3.02. The lowest BCUT2D eigenvalue weighted by Gasteiger charge is -2.11. The summed E-state index contributed by atoms with van der Waals surface area (Å²) >= 11 is 0. The Morgan fingerprint density at radius 3 is 3.04 bits per heavy atom. The lowest BCUT2D eigenvalue weighted by Crippen LogP contribution is -2.34. The van der Waals surface area contributed by atoms with Gasteiger partial charge in [0.25, 0.3) is 0 Å². The van der Waals surface area contributed by atoms with E-state index in [1.165, 1.54) is 0 Å². The predicted molar refractivity (Wildman–Crippen MR) is 94.6 cm³/mol. The number of aryl methyl sites for hydroxylation is 2. The minimum atomic E-state index is -0.0403. The molecule has 1 aliphatic heterocycles. The Morgan fingerprint density at radius 1 is 1.40 bits per heavy atom. The van der Waals surface area contributed by atoms with Crippen molar-refractivity contribution in [3.8, 4) is 17.0 Å². The second-order valence-electron chi connectivity index (χ2n) is 6.26. The van der Waals surface area contributed by atoms with E-state index in [-0.39, 0.29) is 12.0 Å². The van der Waals surface area contributed by atoms with Crippen molar-refractivity contribution in [3.05, 3.63) is 41.3 Å². The molecule has 0 spiro atoms. The van der Waals surface area contributed by atoms with Crippen LogP contribution < -0.4 is 10.1 Å². The molecule has 6 heteroatoms. The molecule has 1 aromatic heterocycles. The number of nitrogens with one attached hydrogen (secondary N) is 1. The molecule has 2 heterocycles. The quantitative estimate of drug-likeness (QED) is 0.872. The molecule has 1 amide bonds. The lowest BCUT2D eigenvalue weighted by atomic mass is 10.0. The van der Waals surface area contributed by atoms with E-state index in [4.69, 9.17) is 9.47 Å². The molecule has 1 N–H and O–H groups in total. The number of hydrogen-bond donors (Lipinski definition) is 1. The van der Waals surface area contributed by atoms with E-state index in [2.05, 4.69) is 21.4 Å². The van der Waals surface area contributed by atoms with Crippen LogP contribution in [0.1, 0.15) is 23.4 Å². The van der Waals surface area contributed by atoms with E-state index >= 15 is 0 Å². The highest BCUT2D eigenvalue weighted by Crippen LogP contribution is 2.33. The molecule has 0 radical (unpaired) electrons. The molecule has 0 saturated heterocycles.